The summed E-state index contributed by atoms with van der Waals surface area (Å²) in [5, 5.41) is 5.99. The fraction of sp³-hybridized carbons (Fsp3) is 0.333. The summed E-state index contributed by atoms with van der Waals surface area (Å²) in [5.41, 5.74) is 1.60. The highest BCUT2D eigenvalue weighted by Crippen LogP contribution is 2.37. The molecule has 0 saturated carbocycles. The van der Waals surface area contributed by atoms with E-state index in [4.69, 9.17) is 16.3 Å². The van der Waals surface area contributed by atoms with E-state index in [2.05, 4.69) is 5.32 Å². The first-order valence-electron chi connectivity index (χ1n) is 6.38. The van der Waals surface area contributed by atoms with Crippen LogP contribution in [0.1, 0.15) is 29.0 Å². The van der Waals surface area contributed by atoms with Crippen LogP contribution in [0.4, 0.5) is 4.39 Å². The number of methoxy groups -OCH3 is 1. The van der Waals surface area contributed by atoms with Crippen LogP contribution >= 0.6 is 22.9 Å². The maximum atomic E-state index is 14.3. The third-order valence-corrected chi connectivity index (χ3v) is 4.89. The lowest BCUT2D eigenvalue weighted by Crippen LogP contribution is -2.22. The molecule has 0 aliphatic rings. The fourth-order valence-electron chi connectivity index (χ4n) is 2.06. The number of nitrogens with one attached hydrogen (secondary N) is 1. The molecule has 1 atom stereocenters. The average molecular weight is 314 g/mol. The van der Waals surface area contributed by atoms with E-state index in [1.54, 1.807) is 23.5 Å². The van der Waals surface area contributed by atoms with Crippen LogP contribution in [0, 0.1) is 12.7 Å². The molecular formula is C15H17ClFNOS. The molecular weight excluding hydrogens is 297 g/mol. The minimum absolute atomic E-state index is 0.239. The highest BCUT2D eigenvalue weighted by molar-refractivity contribution is 7.10. The molecule has 0 saturated heterocycles. The van der Waals surface area contributed by atoms with E-state index in [0.717, 1.165) is 17.0 Å². The molecule has 0 aliphatic carbocycles. The van der Waals surface area contributed by atoms with E-state index in [1.165, 1.54) is 13.2 Å². The van der Waals surface area contributed by atoms with E-state index in [1.807, 2.05) is 19.2 Å². The smallest absolute Gasteiger partial charge is 0.132 e. The molecule has 5 heteroatoms. The van der Waals surface area contributed by atoms with Gasteiger partial charge in [0.15, 0.2) is 0 Å². The van der Waals surface area contributed by atoms with Crippen molar-refractivity contribution < 1.29 is 9.13 Å². The number of thiophene rings is 1. The van der Waals surface area contributed by atoms with Crippen molar-refractivity contribution in [2.24, 2.45) is 0 Å². The summed E-state index contributed by atoms with van der Waals surface area (Å²) in [7, 11) is 1.52. The van der Waals surface area contributed by atoms with Gasteiger partial charge in [0.1, 0.15) is 11.6 Å². The summed E-state index contributed by atoms with van der Waals surface area (Å²) >= 11 is 7.87. The number of benzene rings is 1. The standard InChI is InChI=1S/C15H17ClFNOS/c1-4-18-14(15-13(16)9(2)8-20-15)11-6-5-10(19-3)7-12(11)17/h5-8,14,18H,4H2,1-3H3. The number of halogens is 2. The summed E-state index contributed by atoms with van der Waals surface area (Å²) < 4.78 is 19.3. The highest BCUT2D eigenvalue weighted by Gasteiger charge is 2.22. The van der Waals surface area contributed by atoms with Gasteiger partial charge in [-0.2, -0.15) is 0 Å². The lowest BCUT2D eigenvalue weighted by molar-refractivity contribution is 0.410. The van der Waals surface area contributed by atoms with Crippen LogP contribution in [0.15, 0.2) is 23.6 Å². The Labute approximate surface area is 127 Å². The molecule has 0 radical (unpaired) electrons. The van der Waals surface area contributed by atoms with Gasteiger partial charge >= 0.3 is 0 Å². The monoisotopic (exact) mass is 313 g/mol. The van der Waals surface area contributed by atoms with Crippen molar-refractivity contribution >= 4 is 22.9 Å². The first-order valence-corrected chi connectivity index (χ1v) is 7.64. The van der Waals surface area contributed by atoms with Crippen molar-refractivity contribution in [2.45, 2.75) is 19.9 Å². The Balaban J connectivity index is 2.46. The van der Waals surface area contributed by atoms with E-state index in [0.29, 0.717) is 16.3 Å². The lowest BCUT2D eigenvalue weighted by Gasteiger charge is -2.19. The zero-order valence-electron chi connectivity index (χ0n) is 11.7. The molecule has 0 spiro atoms. The van der Waals surface area contributed by atoms with Gasteiger partial charge in [0.05, 0.1) is 18.2 Å². The third kappa shape index (κ3) is 2.97. The number of rotatable bonds is 5. The van der Waals surface area contributed by atoms with Crippen molar-refractivity contribution in [3.8, 4) is 5.75 Å². The van der Waals surface area contributed by atoms with Crippen LogP contribution in [0.2, 0.25) is 5.02 Å². The van der Waals surface area contributed by atoms with Crippen molar-refractivity contribution in [3.63, 3.8) is 0 Å². The van der Waals surface area contributed by atoms with E-state index >= 15 is 0 Å². The van der Waals surface area contributed by atoms with Crippen LogP contribution in [-0.2, 0) is 0 Å². The van der Waals surface area contributed by atoms with Gasteiger partial charge in [0.2, 0.25) is 0 Å². The zero-order valence-corrected chi connectivity index (χ0v) is 13.2. The van der Waals surface area contributed by atoms with Crippen LogP contribution in [0.25, 0.3) is 0 Å². The van der Waals surface area contributed by atoms with Crippen molar-refractivity contribution in [1.82, 2.24) is 5.32 Å². The largest absolute Gasteiger partial charge is 0.497 e. The van der Waals surface area contributed by atoms with Gasteiger partial charge in [-0.1, -0.05) is 24.6 Å². The summed E-state index contributed by atoms with van der Waals surface area (Å²) in [6, 6.07) is 4.66. The molecule has 1 N–H and O–H groups in total. The second kappa shape index (κ2) is 6.57. The number of hydrogen-bond acceptors (Lipinski definition) is 3. The Morgan fingerprint density at radius 3 is 2.70 bits per heavy atom. The predicted molar refractivity (Wildman–Crippen MR) is 82.5 cm³/mol. The van der Waals surface area contributed by atoms with Crippen LogP contribution in [0.5, 0.6) is 5.75 Å². The molecule has 0 aliphatic heterocycles. The Morgan fingerprint density at radius 2 is 2.20 bits per heavy atom. The van der Waals surface area contributed by atoms with Crippen LogP contribution in [0.3, 0.4) is 0 Å². The second-order valence-corrected chi connectivity index (χ2v) is 5.76. The Kier molecular flexibility index (Phi) is 5.02. The Hall–Kier alpha value is -1.10. The maximum Gasteiger partial charge on any atom is 0.132 e. The fourth-order valence-corrected chi connectivity index (χ4v) is 3.46. The van der Waals surface area contributed by atoms with Gasteiger partial charge in [-0.25, -0.2) is 4.39 Å². The number of aryl methyl sites for hydroxylation is 1. The molecule has 1 aromatic heterocycles. The summed E-state index contributed by atoms with van der Waals surface area (Å²) in [4.78, 5) is 0.940. The average Bonchev–Trinajstić information content (AvgIpc) is 2.77. The van der Waals surface area contributed by atoms with Crippen molar-refractivity contribution in [2.75, 3.05) is 13.7 Å². The van der Waals surface area contributed by atoms with Crippen LogP contribution in [-0.4, -0.2) is 13.7 Å². The Morgan fingerprint density at radius 1 is 1.45 bits per heavy atom. The van der Waals surface area contributed by atoms with Gasteiger partial charge in [-0.05, 0) is 30.5 Å². The molecule has 1 heterocycles. The molecule has 0 bridgehead atoms. The quantitative estimate of drug-likeness (QED) is 0.874. The number of ether oxygens (including phenoxy) is 1. The third-order valence-electron chi connectivity index (χ3n) is 3.11. The molecule has 2 aromatic rings. The van der Waals surface area contributed by atoms with Gasteiger partial charge in [0, 0.05) is 16.5 Å². The SMILES string of the molecule is CCNC(c1ccc(OC)cc1F)c1scc(C)c1Cl. The van der Waals surface area contributed by atoms with Gasteiger partial charge in [0.25, 0.3) is 0 Å². The molecule has 0 fully saturated rings. The molecule has 108 valence electrons. The molecule has 0 amide bonds. The first-order chi connectivity index (χ1) is 9.58. The topological polar surface area (TPSA) is 21.3 Å². The predicted octanol–water partition coefficient (Wildman–Crippen LogP) is 4.56. The van der Waals surface area contributed by atoms with Crippen molar-refractivity contribution in [3.05, 3.63) is 50.4 Å². The summed E-state index contributed by atoms with van der Waals surface area (Å²) in [6.45, 7) is 4.67. The lowest BCUT2D eigenvalue weighted by atomic mass is 10.0. The molecule has 1 unspecified atom stereocenters. The van der Waals surface area contributed by atoms with Gasteiger partial charge in [-0.3, -0.25) is 0 Å². The van der Waals surface area contributed by atoms with Crippen molar-refractivity contribution in [1.29, 1.82) is 0 Å². The normalized spacial score (nSPS) is 12.4. The maximum absolute atomic E-state index is 14.3. The zero-order chi connectivity index (χ0) is 14.7. The minimum Gasteiger partial charge on any atom is -0.497 e. The summed E-state index contributed by atoms with van der Waals surface area (Å²) in [6.07, 6.45) is 0. The molecule has 20 heavy (non-hydrogen) atoms. The number of hydrogen-bond donors (Lipinski definition) is 1. The molecule has 1 aromatic carbocycles. The van der Waals surface area contributed by atoms with E-state index < -0.39 is 0 Å². The highest BCUT2D eigenvalue weighted by atomic mass is 35.5. The van der Waals surface area contributed by atoms with E-state index in [9.17, 15) is 4.39 Å². The Bertz CT molecular complexity index is 600. The first kappa shape index (κ1) is 15.3. The van der Waals surface area contributed by atoms with Gasteiger partial charge in [-0.15, -0.1) is 11.3 Å². The molecule has 2 nitrogen and oxygen atoms in total. The minimum atomic E-state index is -0.294. The second-order valence-electron chi connectivity index (χ2n) is 4.48. The summed E-state index contributed by atoms with van der Waals surface area (Å²) in [5.74, 6) is 0.215. The van der Waals surface area contributed by atoms with Gasteiger partial charge < -0.3 is 10.1 Å². The van der Waals surface area contributed by atoms with E-state index in [-0.39, 0.29) is 11.9 Å². The molecule has 2 rings (SSSR count). The van der Waals surface area contributed by atoms with Crippen LogP contribution < -0.4 is 10.1 Å².